The molecule has 0 radical (unpaired) electrons. The van der Waals surface area contributed by atoms with Crippen LogP contribution in [0.1, 0.15) is 36.0 Å². The van der Waals surface area contributed by atoms with Crippen LogP contribution in [0.3, 0.4) is 0 Å². The van der Waals surface area contributed by atoms with E-state index in [9.17, 15) is 4.79 Å². The number of methoxy groups -OCH3 is 3. The van der Waals surface area contributed by atoms with Gasteiger partial charge in [-0.25, -0.2) is 9.97 Å². The molecular weight excluding hydrogens is 398 g/mol. The number of hydrogen-bond donors (Lipinski definition) is 1. The second-order valence-electron chi connectivity index (χ2n) is 6.66. The molecule has 0 unspecified atom stereocenters. The van der Waals surface area contributed by atoms with E-state index in [4.69, 9.17) is 30.5 Å². The van der Waals surface area contributed by atoms with Crippen molar-refractivity contribution in [3.8, 4) is 23.3 Å². The van der Waals surface area contributed by atoms with Crippen molar-refractivity contribution in [2.75, 3.05) is 21.3 Å². The predicted octanol–water partition coefficient (Wildman–Crippen LogP) is 3.28. The van der Waals surface area contributed by atoms with Gasteiger partial charge in [-0.3, -0.25) is 4.79 Å². The lowest BCUT2D eigenvalue weighted by molar-refractivity contribution is 0.0884. The molecule has 2 aromatic rings. The van der Waals surface area contributed by atoms with E-state index in [1.807, 2.05) is 0 Å². The maximum atomic E-state index is 12.7. The van der Waals surface area contributed by atoms with Gasteiger partial charge in [0.05, 0.1) is 38.7 Å². The Bertz CT molecular complexity index is 814. The first kappa shape index (κ1) is 21.0. The van der Waals surface area contributed by atoms with Crippen LogP contribution in [0.15, 0.2) is 24.5 Å². The molecule has 0 aliphatic heterocycles. The molecule has 1 fully saturated rings. The fourth-order valence-electron chi connectivity index (χ4n) is 3.32. The number of halogens is 1. The van der Waals surface area contributed by atoms with E-state index in [0.29, 0.717) is 33.8 Å². The molecule has 1 heterocycles. The number of carbonyl (C=O) groups is 1. The predicted molar refractivity (Wildman–Crippen MR) is 107 cm³/mol. The Balaban J connectivity index is 1.57. The smallest absolute Gasteiger partial charge is 0.316 e. The van der Waals surface area contributed by atoms with Crippen molar-refractivity contribution < 1.29 is 23.7 Å². The third-order valence-electron chi connectivity index (χ3n) is 4.81. The van der Waals surface area contributed by atoms with E-state index in [1.54, 1.807) is 12.1 Å². The van der Waals surface area contributed by atoms with Gasteiger partial charge >= 0.3 is 6.01 Å². The molecule has 0 atom stereocenters. The van der Waals surface area contributed by atoms with Crippen LogP contribution >= 0.6 is 11.6 Å². The van der Waals surface area contributed by atoms with Gasteiger partial charge < -0.3 is 24.3 Å². The minimum absolute atomic E-state index is 0.0190. The van der Waals surface area contributed by atoms with Gasteiger partial charge in [0.2, 0.25) is 5.75 Å². The number of amides is 1. The van der Waals surface area contributed by atoms with E-state index in [-0.39, 0.29) is 18.1 Å². The Hall–Kier alpha value is -2.74. The number of ether oxygens (including phenoxy) is 4. The normalized spacial score (nSPS) is 18.6. The average molecular weight is 422 g/mol. The molecule has 8 nitrogen and oxygen atoms in total. The number of benzene rings is 1. The third kappa shape index (κ3) is 5.20. The third-order valence-corrected chi connectivity index (χ3v) is 5.00. The van der Waals surface area contributed by atoms with E-state index >= 15 is 0 Å². The molecule has 1 aromatic carbocycles. The summed E-state index contributed by atoms with van der Waals surface area (Å²) in [6, 6.07) is 3.67. The monoisotopic (exact) mass is 421 g/mol. The average Bonchev–Trinajstić information content (AvgIpc) is 2.75. The second-order valence-corrected chi connectivity index (χ2v) is 7.10. The van der Waals surface area contributed by atoms with Crippen molar-refractivity contribution >= 4 is 17.5 Å². The van der Waals surface area contributed by atoms with Gasteiger partial charge in [0, 0.05) is 11.6 Å². The summed E-state index contributed by atoms with van der Waals surface area (Å²) >= 11 is 5.78. The van der Waals surface area contributed by atoms with Crippen molar-refractivity contribution in [2.45, 2.75) is 37.8 Å². The number of rotatable bonds is 7. The number of carbonyl (C=O) groups excluding carboxylic acids is 1. The SMILES string of the molecule is COc1cc(C(=O)NC2CCC(Oc3ncc(Cl)cn3)CC2)cc(OC)c1OC. The van der Waals surface area contributed by atoms with Crippen molar-refractivity contribution in [1.82, 2.24) is 15.3 Å². The number of aromatic nitrogens is 2. The molecule has 0 bridgehead atoms. The van der Waals surface area contributed by atoms with Crippen LogP contribution in [0.4, 0.5) is 0 Å². The highest BCUT2D eigenvalue weighted by Gasteiger charge is 2.25. The zero-order chi connectivity index (χ0) is 20.8. The lowest BCUT2D eigenvalue weighted by atomic mass is 9.92. The Morgan fingerprint density at radius 2 is 1.59 bits per heavy atom. The van der Waals surface area contributed by atoms with Gasteiger partial charge in [0.15, 0.2) is 11.5 Å². The van der Waals surface area contributed by atoms with Crippen LogP contribution < -0.4 is 24.3 Å². The quantitative estimate of drug-likeness (QED) is 0.733. The summed E-state index contributed by atoms with van der Waals surface area (Å²) in [5, 5.41) is 3.54. The van der Waals surface area contributed by atoms with Gasteiger partial charge in [0.1, 0.15) is 6.10 Å². The Morgan fingerprint density at radius 3 is 2.10 bits per heavy atom. The first-order valence-corrected chi connectivity index (χ1v) is 9.67. The van der Waals surface area contributed by atoms with Crippen LogP contribution in [0.25, 0.3) is 0 Å². The summed E-state index contributed by atoms with van der Waals surface area (Å²) in [6.45, 7) is 0. The van der Waals surface area contributed by atoms with Crippen molar-refractivity contribution in [2.24, 2.45) is 0 Å². The molecule has 1 aliphatic carbocycles. The highest BCUT2D eigenvalue weighted by atomic mass is 35.5. The first-order valence-electron chi connectivity index (χ1n) is 9.29. The Kier molecular flexibility index (Phi) is 6.98. The highest BCUT2D eigenvalue weighted by molar-refractivity contribution is 6.30. The molecule has 1 N–H and O–H groups in total. The molecule has 29 heavy (non-hydrogen) atoms. The minimum Gasteiger partial charge on any atom is -0.493 e. The van der Waals surface area contributed by atoms with Crippen LogP contribution in [0.2, 0.25) is 5.02 Å². The molecular formula is C20H24ClN3O5. The Morgan fingerprint density at radius 1 is 1.00 bits per heavy atom. The number of nitrogens with one attached hydrogen (secondary N) is 1. The standard InChI is InChI=1S/C20H24ClN3O5/c1-26-16-8-12(9-17(27-2)18(16)28-3)19(25)24-14-4-6-15(7-5-14)29-20-22-10-13(21)11-23-20/h8-11,14-15H,4-7H2,1-3H3,(H,24,25). The first-order chi connectivity index (χ1) is 14.0. The van der Waals surface area contributed by atoms with E-state index in [1.165, 1.54) is 33.7 Å². The molecule has 0 spiro atoms. The van der Waals surface area contributed by atoms with Crippen molar-refractivity contribution in [1.29, 1.82) is 0 Å². The summed E-state index contributed by atoms with van der Waals surface area (Å²) in [5.74, 6) is 1.15. The molecule has 0 saturated heterocycles. The molecule has 1 saturated carbocycles. The van der Waals surface area contributed by atoms with E-state index in [2.05, 4.69) is 15.3 Å². The van der Waals surface area contributed by atoms with Gasteiger partial charge in [-0.2, -0.15) is 0 Å². The summed E-state index contributed by atoms with van der Waals surface area (Å²) in [5.41, 5.74) is 0.451. The van der Waals surface area contributed by atoms with Crippen molar-refractivity contribution in [3.05, 3.63) is 35.1 Å². The second kappa shape index (κ2) is 9.65. The van der Waals surface area contributed by atoms with Crippen molar-refractivity contribution in [3.63, 3.8) is 0 Å². The largest absolute Gasteiger partial charge is 0.493 e. The van der Waals surface area contributed by atoms with Gasteiger partial charge in [-0.15, -0.1) is 0 Å². The minimum atomic E-state index is -0.186. The lowest BCUT2D eigenvalue weighted by Crippen LogP contribution is -2.39. The maximum absolute atomic E-state index is 12.7. The number of nitrogens with zero attached hydrogens (tertiary/aromatic N) is 2. The van der Waals surface area contributed by atoms with Crippen LogP contribution in [-0.2, 0) is 0 Å². The molecule has 1 aliphatic rings. The molecule has 156 valence electrons. The Labute approximate surface area is 174 Å². The van der Waals surface area contributed by atoms with Crippen LogP contribution in [-0.4, -0.2) is 49.4 Å². The van der Waals surface area contributed by atoms with Gasteiger partial charge in [0.25, 0.3) is 5.91 Å². The molecule has 1 amide bonds. The zero-order valence-electron chi connectivity index (χ0n) is 16.6. The fraction of sp³-hybridized carbons (Fsp3) is 0.450. The maximum Gasteiger partial charge on any atom is 0.316 e. The fourth-order valence-corrected chi connectivity index (χ4v) is 3.41. The van der Waals surface area contributed by atoms with E-state index in [0.717, 1.165) is 25.7 Å². The number of hydrogen-bond acceptors (Lipinski definition) is 7. The summed E-state index contributed by atoms with van der Waals surface area (Å²) in [4.78, 5) is 20.8. The lowest BCUT2D eigenvalue weighted by Gasteiger charge is -2.29. The van der Waals surface area contributed by atoms with E-state index < -0.39 is 0 Å². The summed E-state index contributed by atoms with van der Waals surface area (Å²) in [7, 11) is 4.56. The molecule has 3 rings (SSSR count). The van der Waals surface area contributed by atoms with Crippen LogP contribution in [0, 0.1) is 0 Å². The summed E-state index contributed by atoms with van der Waals surface area (Å²) < 4.78 is 21.7. The molecule has 9 heteroatoms. The summed E-state index contributed by atoms with van der Waals surface area (Å²) in [6.07, 6.45) is 6.23. The molecule has 1 aromatic heterocycles. The topological polar surface area (TPSA) is 91.8 Å². The van der Waals surface area contributed by atoms with Gasteiger partial charge in [-0.05, 0) is 37.8 Å². The van der Waals surface area contributed by atoms with Gasteiger partial charge in [-0.1, -0.05) is 11.6 Å². The highest BCUT2D eigenvalue weighted by Crippen LogP contribution is 2.38. The van der Waals surface area contributed by atoms with Crippen LogP contribution in [0.5, 0.6) is 23.3 Å². The zero-order valence-corrected chi connectivity index (χ0v) is 17.4.